The van der Waals surface area contributed by atoms with E-state index in [4.69, 9.17) is 0 Å². The maximum Gasteiger partial charge on any atom is 0.220 e. The van der Waals surface area contributed by atoms with Crippen molar-refractivity contribution in [2.45, 2.75) is 110 Å². The highest BCUT2D eigenvalue weighted by Gasteiger charge is 2.39. The Kier molecular flexibility index (Phi) is 11.0. The van der Waals surface area contributed by atoms with Crippen LogP contribution in [0.1, 0.15) is 97.5 Å². The molecule has 1 aliphatic carbocycles. The molecule has 3 atom stereocenters. The monoisotopic (exact) mass is 431 g/mol. The molecule has 1 aromatic rings. The summed E-state index contributed by atoms with van der Waals surface area (Å²) in [5, 5.41) is 15.0. The molecule has 2 N–H and O–H groups in total. The van der Waals surface area contributed by atoms with E-state index in [1.807, 2.05) is 12.3 Å². The fourth-order valence-corrected chi connectivity index (χ4v) is 5.41. The van der Waals surface area contributed by atoms with Crippen LogP contribution in [0.2, 0.25) is 0 Å². The van der Waals surface area contributed by atoms with Crippen molar-refractivity contribution >= 4 is 5.91 Å². The number of amides is 1. The molecule has 1 saturated carbocycles. The second-order valence-corrected chi connectivity index (χ2v) is 9.83. The highest BCUT2D eigenvalue weighted by molar-refractivity contribution is 5.75. The molecule has 0 radical (unpaired) electrons. The lowest BCUT2D eigenvalue weighted by atomic mass is 9.71. The summed E-state index contributed by atoms with van der Waals surface area (Å²) in [5.41, 5.74) is 1.07. The molecule has 1 heterocycles. The Morgan fingerprint density at radius 1 is 1.19 bits per heavy atom. The van der Waals surface area contributed by atoms with Crippen molar-refractivity contribution in [3.05, 3.63) is 30.1 Å². The van der Waals surface area contributed by atoms with Crippen molar-refractivity contribution in [3.63, 3.8) is 0 Å². The van der Waals surface area contributed by atoms with E-state index in [9.17, 15) is 9.90 Å². The van der Waals surface area contributed by atoms with Gasteiger partial charge in [-0.3, -0.25) is 14.7 Å². The van der Waals surface area contributed by atoms with Crippen molar-refractivity contribution in [1.29, 1.82) is 0 Å². The van der Waals surface area contributed by atoms with E-state index in [-0.39, 0.29) is 29.8 Å². The smallest absolute Gasteiger partial charge is 0.220 e. The maximum atomic E-state index is 12.5. The number of carbonyl (C=O) groups is 1. The Labute approximate surface area is 190 Å². The van der Waals surface area contributed by atoms with Gasteiger partial charge in [-0.2, -0.15) is 0 Å². The third-order valence-electron chi connectivity index (χ3n) is 6.90. The number of rotatable bonds is 12. The van der Waals surface area contributed by atoms with Crippen LogP contribution in [0.4, 0.5) is 0 Å². The first-order chi connectivity index (χ1) is 14.9. The minimum atomic E-state index is -0.622. The van der Waals surface area contributed by atoms with Crippen LogP contribution in [0, 0.1) is 11.8 Å². The molecule has 0 bridgehead atoms. The molecule has 31 heavy (non-hydrogen) atoms. The summed E-state index contributed by atoms with van der Waals surface area (Å²) < 4.78 is 0. The van der Waals surface area contributed by atoms with Crippen LogP contribution in [0.15, 0.2) is 24.5 Å². The molecule has 0 aliphatic heterocycles. The van der Waals surface area contributed by atoms with Crippen LogP contribution in [-0.2, 0) is 4.79 Å². The highest BCUT2D eigenvalue weighted by atomic mass is 16.3. The molecule has 0 aromatic carbocycles. The normalized spacial score (nSPS) is 18.4. The number of carbonyl (C=O) groups excluding carboxylic acids is 1. The number of aliphatic hydroxyl groups is 1. The SMILES string of the molecule is CCCCC(=O)NCC(C1CCCCC1)C(c1cccnc1)[C@@H](O)N(C(C)C)C(C)C. The summed E-state index contributed by atoms with van der Waals surface area (Å²) >= 11 is 0. The zero-order valence-corrected chi connectivity index (χ0v) is 20.4. The van der Waals surface area contributed by atoms with Gasteiger partial charge in [-0.1, -0.05) is 51.5 Å². The molecule has 1 aromatic heterocycles. The zero-order valence-electron chi connectivity index (χ0n) is 20.4. The van der Waals surface area contributed by atoms with Crippen molar-refractivity contribution < 1.29 is 9.90 Å². The van der Waals surface area contributed by atoms with Crippen LogP contribution >= 0.6 is 0 Å². The van der Waals surface area contributed by atoms with Crippen LogP contribution in [0.25, 0.3) is 0 Å². The first kappa shape index (κ1) is 25.8. The first-order valence-electron chi connectivity index (χ1n) is 12.5. The average molecular weight is 432 g/mol. The van der Waals surface area contributed by atoms with E-state index in [0.717, 1.165) is 18.4 Å². The summed E-state index contributed by atoms with van der Waals surface area (Å²) in [4.78, 5) is 19.1. The van der Waals surface area contributed by atoms with Crippen molar-refractivity contribution in [3.8, 4) is 0 Å². The molecule has 5 heteroatoms. The summed E-state index contributed by atoms with van der Waals surface area (Å²) in [5.74, 6) is 0.728. The zero-order chi connectivity index (χ0) is 22.8. The third-order valence-corrected chi connectivity index (χ3v) is 6.90. The number of hydrogen-bond donors (Lipinski definition) is 2. The minimum Gasteiger partial charge on any atom is -0.378 e. The predicted molar refractivity (Wildman–Crippen MR) is 128 cm³/mol. The summed E-state index contributed by atoms with van der Waals surface area (Å²) in [6.07, 6.45) is 11.7. The Bertz CT molecular complexity index is 621. The molecule has 2 rings (SSSR count). The van der Waals surface area contributed by atoms with Gasteiger partial charge in [-0.05, 0) is 57.6 Å². The number of nitrogens with one attached hydrogen (secondary N) is 1. The molecule has 1 aliphatic rings. The van der Waals surface area contributed by atoms with Gasteiger partial charge in [-0.25, -0.2) is 0 Å². The Morgan fingerprint density at radius 3 is 2.42 bits per heavy atom. The maximum absolute atomic E-state index is 12.5. The summed E-state index contributed by atoms with van der Waals surface area (Å²) in [6.45, 7) is 11.3. The molecular weight excluding hydrogens is 386 g/mol. The first-order valence-corrected chi connectivity index (χ1v) is 12.5. The van der Waals surface area contributed by atoms with Crippen molar-refractivity contribution in [1.82, 2.24) is 15.2 Å². The van der Waals surface area contributed by atoms with Crippen LogP contribution < -0.4 is 5.32 Å². The predicted octanol–water partition coefficient (Wildman–Crippen LogP) is 5.11. The van der Waals surface area contributed by atoms with Gasteiger partial charge in [-0.15, -0.1) is 0 Å². The van der Waals surface area contributed by atoms with Crippen LogP contribution in [-0.4, -0.2) is 45.8 Å². The number of pyridine rings is 1. The molecule has 0 spiro atoms. The fourth-order valence-electron chi connectivity index (χ4n) is 5.41. The number of hydrogen-bond acceptors (Lipinski definition) is 4. The Hall–Kier alpha value is -1.46. The van der Waals surface area contributed by atoms with Crippen molar-refractivity contribution in [2.24, 2.45) is 11.8 Å². The molecular formula is C26H45N3O2. The van der Waals surface area contributed by atoms with E-state index >= 15 is 0 Å². The van der Waals surface area contributed by atoms with E-state index in [0.29, 0.717) is 18.9 Å². The van der Waals surface area contributed by atoms with E-state index in [1.54, 1.807) is 6.20 Å². The molecule has 5 nitrogen and oxygen atoms in total. The molecule has 0 saturated heterocycles. The van der Waals surface area contributed by atoms with Crippen molar-refractivity contribution in [2.75, 3.05) is 6.54 Å². The third kappa shape index (κ3) is 7.57. The van der Waals surface area contributed by atoms with Gasteiger partial charge in [0.05, 0.1) is 0 Å². The highest BCUT2D eigenvalue weighted by Crippen LogP contribution is 2.41. The molecule has 2 unspecified atom stereocenters. The average Bonchev–Trinajstić information content (AvgIpc) is 2.75. The number of unbranched alkanes of at least 4 members (excludes halogenated alkanes) is 1. The van der Waals surface area contributed by atoms with Gasteiger partial charge in [0, 0.05) is 43.4 Å². The van der Waals surface area contributed by atoms with Gasteiger partial charge in [0.1, 0.15) is 6.23 Å². The largest absolute Gasteiger partial charge is 0.378 e. The van der Waals surface area contributed by atoms with Crippen LogP contribution in [0.5, 0.6) is 0 Å². The van der Waals surface area contributed by atoms with Gasteiger partial charge < -0.3 is 10.4 Å². The fraction of sp³-hybridized carbons (Fsp3) is 0.769. The van der Waals surface area contributed by atoms with Gasteiger partial charge >= 0.3 is 0 Å². The topological polar surface area (TPSA) is 65.5 Å². The van der Waals surface area contributed by atoms with E-state index in [1.165, 1.54) is 32.1 Å². The Balaban J connectivity index is 2.37. The molecule has 1 amide bonds. The number of aromatic nitrogens is 1. The second-order valence-electron chi connectivity index (χ2n) is 9.83. The lowest BCUT2D eigenvalue weighted by Gasteiger charge is -2.44. The second kappa shape index (κ2) is 13.2. The molecule has 176 valence electrons. The van der Waals surface area contributed by atoms with E-state index in [2.05, 4.69) is 55.9 Å². The quantitative estimate of drug-likeness (QED) is 0.452. The standard InChI is InChI=1S/C26H45N3O2/c1-6-7-15-24(30)28-18-23(21-12-9-8-10-13-21)25(22-14-11-16-27-17-22)26(31)29(19(2)3)20(4)5/h11,14,16-17,19-21,23,25-26,31H,6-10,12-13,15,18H2,1-5H3,(H,28,30)/t23?,25?,26-/m1/s1. The lowest BCUT2D eigenvalue weighted by Crippen LogP contribution is -2.51. The number of nitrogens with zero attached hydrogens (tertiary/aromatic N) is 2. The van der Waals surface area contributed by atoms with Gasteiger partial charge in [0.15, 0.2) is 0 Å². The van der Waals surface area contributed by atoms with E-state index < -0.39 is 6.23 Å². The van der Waals surface area contributed by atoms with Crippen LogP contribution in [0.3, 0.4) is 0 Å². The minimum absolute atomic E-state index is 0.0897. The van der Waals surface area contributed by atoms with Gasteiger partial charge in [0.2, 0.25) is 5.91 Å². The molecule has 1 fully saturated rings. The summed E-state index contributed by atoms with van der Waals surface area (Å²) in [7, 11) is 0. The Morgan fingerprint density at radius 2 is 1.87 bits per heavy atom. The summed E-state index contributed by atoms with van der Waals surface area (Å²) in [6, 6.07) is 4.50. The lowest BCUT2D eigenvalue weighted by molar-refractivity contribution is -0.122. The van der Waals surface area contributed by atoms with Gasteiger partial charge in [0.25, 0.3) is 0 Å². The number of aliphatic hydroxyl groups excluding tert-OH is 1.